The Morgan fingerprint density at radius 1 is 0.720 bits per heavy atom. The molecule has 4 aromatic rings. The Hall–Kier alpha value is -3.08. The number of nitrogens with zero attached hydrogens (tertiary/aromatic N) is 1. The third-order valence-corrected chi connectivity index (χ3v) is 3.95. The van der Waals surface area contributed by atoms with Crippen molar-refractivity contribution in [3.63, 3.8) is 0 Å². The van der Waals surface area contributed by atoms with Crippen molar-refractivity contribution in [2.45, 2.75) is 6.36 Å². The van der Waals surface area contributed by atoms with Crippen molar-refractivity contribution in [3.05, 3.63) is 72.8 Å². The Labute approximate surface area is 141 Å². The van der Waals surface area contributed by atoms with E-state index in [1.54, 1.807) is 6.07 Å². The van der Waals surface area contributed by atoms with Crippen molar-refractivity contribution in [2.24, 2.45) is 0 Å². The van der Waals surface area contributed by atoms with Gasteiger partial charge in [0.05, 0.1) is 11.2 Å². The highest BCUT2D eigenvalue weighted by molar-refractivity contribution is 6.11. The third-order valence-electron chi connectivity index (χ3n) is 3.95. The van der Waals surface area contributed by atoms with Crippen LogP contribution in [0.1, 0.15) is 0 Å². The SMILES string of the molecule is FC(F)(F)Oc1ccc2c(c1)nc(-c1ccccc1)c1ccccc12. The molecular weight excluding hydrogens is 327 g/mol. The summed E-state index contributed by atoms with van der Waals surface area (Å²) in [7, 11) is 0. The Bertz CT molecular complexity index is 1060. The van der Waals surface area contributed by atoms with Gasteiger partial charge in [0.15, 0.2) is 0 Å². The van der Waals surface area contributed by atoms with Crippen molar-refractivity contribution < 1.29 is 17.9 Å². The van der Waals surface area contributed by atoms with Gasteiger partial charge in [-0.15, -0.1) is 13.2 Å². The van der Waals surface area contributed by atoms with Crippen LogP contribution >= 0.6 is 0 Å². The summed E-state index contributed by atoms with van der Waals surface area (Å²) >= 11 is 0. The molecule has 0 fully saturated rings. The molecule has 0 N–H and O–H groups in total. The fourth-order valence-electron chi connectivity index (χ4n) is 2.95. The van der Waals surface area contributed by atoms with Gasteiger partial charge in [0, 0.05) is 22.4 Å². The van der Waals surface area contributed by atoms with Crippen LogP contribution in [0, 0.1) is 0 Å². The van der Waals surface area contributed by atoms with Crippen molar-refractivity contribution in [1.82, 2.24) is 4.98 Å². The van der Waals surface area contributed by atoms with Gasteiger partial charge >= 0.3 is 6.36 Å². The van der Waals surface area contributed by atoms with Crippen molar-refractivity contribution in [2.75, 3.05) is 0 Å². The fraction of sp³-hybridized carbons (Fsp3) is 0.0500. The molecular formula is C20H12F3NO. The van der Waals surface area contributed by atoms with E-state index >= 15 is 0 Å². The molecule has 3 aromatic carbocycles. The predicted octanol–water partition coefficient (Wildman–Crippen LogP) is 5.95. The van der Waals surface area contributed by atoms with Gasteiger partial charge in [0.1, 0.15) is 5.75 Å². The Morgan fingerprint density at radius 3 is 2.12 bits per heavy atom. The summed E-state index contributed by atoms with van der Waals surface area (Å²) in [5.74, 6) is -0.276. The molecule has 0 aliphatic heterocycles. The number of pyridine rings is 1. The number of aromatic nitrogens is 1. The predicted molar refractivity (Wildman–Crippen MR) is 91.4 cm³/mol. The number of hydrogen-bond donors (Lipinski definition) is 0. The van der Waals surface area contributed by atoms with Crippen LogP contribution in [-0.4, -0.2) is 11.3 Å². The summed E-state index contributed by atoms with van der Waals surface area (Å²) in [5.41, 5.74) is 2.09. The molecule has 1 heterocycles. The number of rotatable bonds is 2. The summed E-state index contributed by atoms with van der Waals surface area (Å²) in [4.78, 5) is 4.62. The largest absolute Gasteiger partial charge is 0.573 e. The highest BCUT2D eigenvalue weighted by Gasteiger charge is 2.31. The molecule has 0 spiro atoms. The fourth-order valence-corrected chi connectivity index (χ4v) is 2.95. The van der Waals surface area contributed by atoms with Gasteiger partial charge in [-0.25, -0.2) is 4.98 Å². The quantitative estimate of drug-likeness (QED) is 0.421. The smallest absolute Gasteiger partial charge is 0.406 e. The maximum absolute atomic E-state index is 12.5. The van der Waals surface area contributed by atoms with Crippen LogP contribution in [0.2, 0.25) is 0 Å². The number of halogens is 3. The molecule has 1 aromatic heterocycles. The number of alkyl halides is 3. The standard InChI is InChI=1S/C20H12F3NO/c21-20(22,23)25-14-10-11-16-15-8-4-5-9-17(15)19(24-18(16)12-14)13-6-2-1-3-7-13/h1-12H. The van der Waals surface area contributed by atoms with Gasteiger partial charge < -0.3 is 4.74 Å². The maximum Gasteiger partial charge on any atom is 0.573 e. The van der Waals surface area contributed by atoms with E-state index in [1.165, 1.54) is 12.1 Å². The van der Waals surface area contributed by atoms with E-state index in [-0.39, 0.29) is 5.75 Å². The monoisotopic (exact) mass is 339 g/mol. The molecule has 5 heteroatoms. The third kappa shape index (κ3) is 3.01. The van der Waals surface area contributed by atoms with E-state index in [0.717, 1.165) is 27.4 Å². The van der Waals surface area contributed by atoms with E-state index in [9.17, 15) is 13.2 Å². The second-order valence-electron chi connectivity index (χ2n) is 5.60. The number of fused-ring (bicyclic) bond motifs is 3. The summed E-state index contributed by atoms with van der Waals surface area (Å²) in [5, 5.41) is 2.67. The van der Waals surface area contributed by atoms with Gasteiger partial charge in [-0.1, -0.05) is 54.6 Å². The molecule has 0 atom stereocenters. The first kappa shape index (κ1) is 15.4. The summed E-state index contributed by atoms with van der Waals surface area (Å²) in [6.45, 7) is 0. The van der Waals surface area contributed by atoms with Crippen molar-refractivity contribution in [1.29, 1.82) is 0 Å². The lowest BCUT2D eigenvalue weighted by Gasteiger charge is -2.12. The Kier molecular flexibility index (Phi) is 3.57. The molecule has 0 radical (unpaired) electrons. The normalized spacial score (nSPS) is 11.8. The zero-order chi connectivity index (χ0) is 17.4. The summed E-state index contributed by atoms with van der Waals surface area (Å²) < 4.78 is 41.5. The highest BCUT2D eigenvalue weighted by Crippen LogP contribution is 2.34. The second-order valence-corrected chi connectivity index (χ2v) is 5.60. The first-order chi connectivity index (χ1) is 12.0. The van der Waals surface area contributed by atoms with Crippen LogP contribution in [0.25, 0.3) is 32.9 Å². The molecule has 0 unspecified atom stereocenters. The zero-order valence-corrected chi connectivity index (χ0v) is 12.9. The van der Waals surface area contributed by atoms with Gasteiger partial charge in [0.2, 0.25) is 0 Å². The maximum atomic E-state index is 12.5. The van der Waals surface area contributed by atoms with E-state index < -0.39 is 6.36 Å². The van der Waals surface area contributed by atoms with Crippen LogP contribution in [0.15, 0.2) is 72.8 Å². The van der Waals surface area contributed by atoms with Crippen molar-refractivity contribution in [3.8, 4) is 17.0 Å². The van der Waals surface area contributed by atoms with Gasteiger partial charge in [-0.2, -0.15) is 0 Å². The molecule has 0 aliphatic carbocycles. The summed E-state index contributed by atoms with van der Waals surface area (Å²) in [6.07, 6.45) is -4.73. The lowest BCUT2D eigenvalue weighted by Crippen LogP contribution is -2.17. The van der Waals surface area contributed by atoms with Gasteiger partial charge in [-0.3, -0.25) is 0 Å². The molecule has 0 saturated heterocycles. The minimum atomic E-state index is -4.73. The average Bonchev–Trinajstić information content (AvgIpc) is 2.60. The van der Waals surface area contributed by atoms with Crippen LogP contribution in [0.3, 0.4) is 0 Å². The average molecular weight is 339 g/mol. The minimum Gasteiger partial charge on any atom is -0.406 e. The van der Waals surface area contributed by atoms with E-state index in [2.05, 4.69) is 9.72 Å². The molecule has 25 heavy (non-hydrogen) atoms. The van der Waals surface area contributed by atoms with Crippen LogP contribution in [0.5, 0.6) is 5.75 Å². The molecule has 0 amide bonds. The lowest BCUT2D eigenvalue weighted by molar-refractivity contribution is -0.274. The Morgan fingerprint density at radius 2 is 1.40 bits per heavy atom. The molecule has 0 saturated carbocycles. The second kappa shape index (κ2) is 5.77. The van der Waals surface area contributed by atoms with Gasteiger partial charge in [-0.05, 0) is 17.5 Å². The number of benzene rings is 3. The molecule has 0 bridgehead atoms. The van der Waals surface area contributed by atoms with E-state index in [0.29, 0.717) is 5.52 Å². The molecule has 124 valence electrons. The topological polar surface area (TPSA) is 22.1 Å². The zero-order valence-electron chi connectivity index (χ0n) is 12.9. The van der Waals surface area contributed by atoms with Crippen LogP contribution in [0.4, 0.5) is 13.2 Å². The number of ether oxygens (including phenoxy) is 1. The molecule has 2 nitrogen and oxygen atoms in total. The molecule has 4 rings (SSSR count). The van der Waals surface area contributed by atoms with Crippen molar-refractivity contribution >= 4 is 21.7 Å². The number of hydrogen-bond acceptors (Lipinski definition) is 2. The van der Waals surface area contributed by atoms with E-state index in [1.807, 2.05) is 54.6 Å². The van der Waals surface area contributed by atoms with Crippen LogP contribution in [-0.2, 0) is 0 Å². The minimum absolute atomic E-state index is 0.276. The molecule has 0 aliphatic rings. The Balaban J connectivity index is 2.00. The van der Waals surface area contributed by atoms with E-state index in [4.69, 9.17) is 0 Å². The highest BCUT2D eigenvalue weighted by atomic mass is 19.4. The van der Waals surface area contributed by atoms with Gasteiger partial charge in [0.25, 0.3) is 0 Å². The first-order valence-corrected chi connectivity index (χ1v) is 7.65. The first-order valence-electron chi connectivity index (χ1n) is 7.65. The summed E-state index contributed by atoms with van der Waals surface area (Å²) in [6, 6.07) is 21.5. The van der Waals surface area contributed by atoms with Crippen LogP contribution < -0.4 is 4.74 Å². The lowest BCUT2D eigenvalue weighted by atomic mass is 10.00.